The molecule has 0 atom stereocenters. The Balaban J connectivity index is 1.89. The van der Waals surface area contributed by atoms with E-state index in [2.05, 4.69) is 5.32 Å². The van der Waals surface area contributed by atoms with E-state index >= 15 is 0 Å². The molecule has 2 rings (SSSR count). The average Bonchev–Trinajstić information content (AvgIpc) is 2.54. The molecule has 0 radical (unpaired) electrons. The molecule has 0 unspecified atom stereocenters. The summed E-state index contributed by atoms with van der Waals surface area (Å²) >= 11 is 0. The van der Waals surface area contributed by atoms with Crippen molar-refractivity contribution in [1.29, 1.82) is 0 Å². The maximum Gasteiger partial charge on any atom is 0.269 e. The minimum absolute atomic E-state index is 0.0120. The quantitative estimate of drug-likeness (QED) is 0.680. The normalized spacial score (nSPS) is 15.9. The molecule has 2 amide bonds. The van der Waals surface area contributed by atoms with Gasteiger partial charge in [-0.25, -0.2) is 0 Å². The first-order valence-corrected chi connectivity index (χ1v) is 8.03. The molecule has 1 aliphatic heterocycles. The molecule has 0 saturated carbocycles. The summed E-state index contributed by atoms with van der Waals surface area (Å²) in [4.78, 5) is 36.5. The zero-order valence-corrected chi connectivity index (χ0v) is 14.2. The van der Waals surface area contributed by atoms with Crippen molar-refractivity contribution in [2.24, 2.45) is 11.3 Å². The third kappa shape index (κ3) is 4.31. The third-order valence-corrected chi connectivity index (χ3v) is 4.14. The summed E-state index contributed by atoms with van der Waals surface area (Å²) in [6.07, 6.45) is 1.25. The van der Waals surface area contributed by atoms with Crippen molar-refractivity contribution in [2.75, 3.05) is 18.4 Å². The van der Waals surface area contributed by atoms with Gasteiger partial charge in [-0.15, -0.1) is 0 Å². The second kappa shape index (κ2) is 6.98. The van der Waals surface area contributed by atoms with E-state index in [4.69, 9.17) is 0 Å². The minimum atomic E-state index is -0.479. The van der Waals surface area contributed by atoms with Gasteiger partial charge in [-0.05, 0) is 25.0 Å². The smallest absolute Gasteiger partial charge is 0.269 e. The average molecular weight is 333 g/mol. The molecule has 0 spiro atoms. The summed E-state index contributed by atoms with van der Waals surface area (Å²) in [6.45, 7) is 6.83. The van der Waals surface area contributed by atoms with Gasteiger partial charge in [0.2, 0.25) is 11.8 Å². The van der Waals surface area contributed by atoms with Crippen molar-refractivity contribution in [1.82, 2.24) is 4.90 Å². The fourth-order valence-corrected chi connectivity index (χ4v) is 2.73. The molecule has 1 saturated heterocycles. The second-order valence-corrected chi connectivity index (χ2v) is 7.11. The van der Waals surface area contributed by atoms with Crippen LogP contribution in [0.1, 0.15) is 33.6 Å². The van der Waals surface area contributed by atoms with E-state index in [9.17, 15) is 19.7 Å². The Morgan fingerprint density at radius 1 is 1.17 bits per heavy atom. The highest BCUT2D eigenvalue weighted by molar-refractivity contribution is 5.93. The maximum atomic E-state index is 12.3. The lowest BCUT2D eigenvalue weighted by molar-refractivity contribution is -0.384. The van der Waals surface area contributed by atoms with Crippen LogP contribution in [0.4, 0.5) is 11.4 Å². The fraction of sp³-hybridized carbons (Fsp3) is 0.529. The number of non-ortho nitro benzene ring substituents is 1. The van der Waals surface area contributed by atoms with Gasteiger partial charge in [0.25, 0.3) is 5.69 Å². The zero-order valence-electron chi connectivity index (χ0n) is 14.2. The van der Waals surface area contributed by atoms with Crippen LogP contribution >= 0.6 is 0 Å². The number of anilines is 1. The number of piperidine rings is 1. The van der Waals surface area contributed by atoms with Crippen molar-refractivity contribution < 1.29 is 14.5 Å². The summed E-state index contributed by atoms with van der Waals surface area (Å²) in [5.41, 5.74) is 0.120. The zero-order chi connectivity index (χ0) is 17.9. The predicted molar refractivity (Wildman–Crippen MR) is 90.5 cm³/mol. The van der Waals surface area contributed by atoms with E-state index in [0.717, 1.165) is 0 Å². The number of nitro groups is 1. The van der Waals surface area contributed by atoms with Gasteiger partial charge in [0, 0.05) is 42.2 Å². The molecule has 1 aromatic carbocycles. The van der Waals surface area contributed by atoms with Crippen LogP contribution in [0.15, 0.2) is 24.3 Å². The number of benzene rings is 1. The standard InChI is InChI=1S/C17H23N3O4/c1-17(2,3)16(22)19-10-8-12(9-11-19)15(21)18-13-4-6-14(7-5-13)20(23)24/h4-7,12H,8-11H2,1-3H3,(H,18,21). The van der Waals surface area contributed by atoms with E-state index in [1.165, 1.54) is 24.3 Å². The van der Waals surface area contributed by atoms with Crippen molar-refractivity contribution in [3.63, 3.8) is 0 Å². The van der Waals surface area contributed by atoms with E-state index in [1.54, 1.807) is 0 Å². The summed E-state index contributed by atoms with van der Waals surface area (Å²) in [6, 6.07) is 5.77. The lowest BCUT2D eigenvalue weighted by Gasteiger charge is -2.35. The van der Waals surface area contributed by atoms with Gasteiger partial charge in [-0.1, -0.05) is 20.8 Å². The number of amides is 2. The van der Waals surface area contributed by atoms with Crippen molar-refractivity contribution >= 4 is 23.2 Å². The van der Waals surface area contributed by atoms with Gasteiger partial charge < -0.3 is 10.2 Å². The predicted octanol–water partition coefficient (Wildman–Crippen LogP) is 2.82. The Labute approximate surface area is 141 Å². The number of likely N-dealkylation sites (tertiary alicyclic amines) is 1. The molecule has 7 heteroatoms. The van der Waals surface area contributed by atoms with Crippen LogP contribution in [0.2, 0.25) is 0 Å². The number of carbonyl (C=O) groups is 2. The Morgan fingerprint density at radius 2 is 1.71 bits per heavy atom. The number of nitro benzene ring substituents is 1. The molecule has 1 aliphatic rings. The molecule has 1 N–H and O–H groups in total. The molecule has 0 bridgehead atoms. The third-order valence-electron chi connectivity index (χ3n) is 4.14. The van der Waals surface area contributed by atoms with E-state index in [-0.39, 0.29) is 23.4 Å². The Kier molecular flexibility index (Phi) is 5.21. The van der Waals surface area contributed by atoms with Gasteiger partial charge in [0.1, 0.15) is 0 Å². The Hall–Kier alpha value is -2.44. The van der Waals surface area contributed by atoms with Crippen LogP contribution in [-0.2, 0) is 9.59 Å². The minimum Gasteiger partial charge on any atom is -0.342 e. The van der Waals surface area contributed by atoms with E-state index < -0.39 is 10.3 Å². The lowest BCUT2D eigenvalue weighted by Crippen LogP contribution is -2.45. The summed E-state index contributed by atoms with van der Waals surface area (Å²) in [5, 5.41) is 13.4. The lowest BCUT2D eigenvalue weighted by atomic mass is 9.90. The SMILES string of the molecule is CC(C)(C)C(=O)N1CCC(C(=O)Nc2ccc([N+](=O)[O-])cc2)CC1. The Bertz CT molecular complexity index is 626. The number of hydrogen-bond acceptors (Lipinski definition) is 4. The highest BCUT2D eigenvalue weighted by atomic mass is 16.6. The van der Waals surface area contributed by atoms with Crippen molar-refractivity contribution in [2.45, 2.75) is 33.6 Å². The van der Waals surface area contributed by atoms with E-state index in [0.29, 0.717) is 31.6 Å². The van der Waals surface area contributed by atoms with Gasteiger partial charge in [-0.3, -0.25) is 19.7 Å². The topological polar surface area (TPSA) is 92.6 Å². The van der Waals surface area contributed by atoms with Crippen LogP contribution in [0.3, 0.4) is 0 Å². The Morgan fingerprint density at radius 3 is 2.17 bits per heavy atom. The highest BCUT2D eigenvalue weighted by Crippen LogP contribution is 2.25. The van der Waals surface area contributed by atoms with Crippen LogP contribution in [0.5, 0.6) is 0 Å². The molecule has 0 aromatic heterocycles. The largest absolute Gasteiger partial charge is 0.342 e. The highest BCUT2D eigenvalue weighted by Gasteiger charge is 2.32. The first-order chi connectivity index (χ1) is 11.2. The maximum absolute atomic E-state index is 12.3. The van der Waals surface area contributed by atoms with Crippen LogP contribution in [-0.4, -0.2) is 34.7 Å². The van der Waals surface area contributed by atoms with Crippen molar-refractivity contribution in [3.8, 4) is 0 Å². The monoisotopic (exact) mass is 333 g/mol. The summed E-state index contributed by atoms with van der Waals surface area (Å²) in [5.74, 6) is -0.146. The second-order valence-electron chi connectivity index (χ2n) is 7.11. The van der Waals surface area contributed by atoms with Gasteiger partial charge in [-0.2, -0.15) is 0 Å². The number of rotatable bonds is 3. The fourth-order valence-electron chi connectivity index (χ4n) is 2.73. The molecule has 1 heterocycles. The van der Waals surface area contributed by atoms with Crippen molar-refractivity contribution in [3.05, 3.63) is 34.4 Å². The molecule has 1 fully saturated rings. The molecule has 0 aliphatic carbocycles. The number of carbonyl (C=O) groups excluding carboxylic acids is 2. The first kappa shape index (κ1) is 17.9. The molecule has 24 heavy (non-hydrogen) atoms. The van der Waals surface area contributed by atoms with Gasteiger partial charge in [0.05, 0.1) is 4.92 Å². The first-order valence-electron chi connectivity index (χ1n) is 8.03. The van der Waals surface area contributed by atoms with Crippen LogP contribution < -0.4 is 5.32 Å². The number of nitrogens with one attached hydrogen (secondary N) is 1. The molecule has 1 aromatic rings. The molecule has 7 nitrogen and oxygen atoms in total. The summed E-state index contributed by atoms with van der Waals surface area (Å²) in [7, 11) is 0. The van der Waals surface area contributed by atoms with Crippen LogP contribution in [0, 0.1) is 21.4 Å². The summed E-state index contributed by atoms with van der Waals surface area (Å²) < 4.78 is 0. The molecular weight excluding hydrogens is 310 g/mol. The molecular formula is C17H23N3O4. The van der Waals surface area contributed by atoms with Crippen LogP contribution in [0.25, 0.3) is 0 Å². The number of nitrogens with zero attached hydrogens (tertiary/aromatic N) is 2. The molecule has 130 valence electrons. The van der Waals surface area contributed by atoms with Gasteiger partial charge in [0.15, 0.2) is 0 Å². The van der Waals surface area contributed by atoms with E-state index in [1.807, 2.05) is 25.7 Å². The van der Waals surface area contributed by atoms with Gasteiger partial charge >= 0.3 is 0 Å². The number of hydrogen-bond donors (Lipinski definition) is 1.